The normalized spacial score (nSPS) is 22.9. The van der Waals surface area contributed by atoms with E-state index in [1.165, 1.54) is 6.42 Å². The molecule has 0 radical (unpaired) electrons. The summed E-state index contributed by atoms with van der Waals surface area (Å²) in [7, 11) is 1.71. The topological polar surface area (TPSA) is 79.8 Å². The van der Waals surface area contributed by atoms with E-state index in [-0.39, 0.29) is 18.7 Å². The summed E-state index contributed by atoms with van der Waals surface area (Å²) in [4.78, 5) is 11.6. The molecule has 6 heteroatoms. The first-order chi connectivity index (χ1) is 11.3. The maximum absolute atomic E-state index is 11.6. The van der Waals surface area contributed by atoms with Crippen LogP contribution in [0.4, 0.5) is 4.79 Å². The zero-order valence-corrected chi connectivity index (χ0v) is 15.8. The molecule has 0 aromatic rings. The Balaban J connectivity index is 2.26. The van der Waals surface area contributed by atoms with Crippen molar-refractivity contribution in [1.29, 1.82) is 0 Å². The van der Waals surface area contributed by atoms with Gasteiger partial charge in [-0.25, -0.2) is 4.79 Å². The van der Waals surface area contributed by atoms with Gasteiger partial charge in [-0.3, -0.25) is 0 Å². The summed E-state index contributed by atoms with van der Waals surface area (Å²) in [6, 6.07) is 0.729. The molecular weight excluding hydrogens is 308 g/mol. The zero-order chi connectivity index (χ0) is 18.0. The van der Waals surface area contributed by atoms with Gasteiger partial charge >= 0.3 is 6.09 Å². The van der Waals surface area contributed by atoms with Crippen LogP contribution in [0.5, 0.6) is 0 Å². The third-order valence-corrected chi connectivity index (χ3v) is 4.28. The molecule has 0 bridgehead atoms. The third kappa shape index (κ3) is 9.45. The molecule has 6 nitrogen and oxygen atoms in total. The van der Waals surface area contributed by atoms with Gasteiger partial charge in [-0.15, -0.1) is 0 Å². The van der Waals surface area contributed by atoms with Crippen molar-refractivity contribution in [2.45, 2.75) is 77.0 Å². The number of alkyl carbamates (subject to hydrolysis) is 1. The van der Waals surface area contributed by atoms with Gasteiger partial charge in [0.05, 0.1) is 6.61 Å². The summed E-state index contributed by atoms with van der Waals surface area (Å²) in [6.07, 6.45) is 5.93. The largest absolute Gasteiger partial charge is 0.444 e. The van der Waals surface area contributed by atoms with E-state index in [4.69, 9.17) is 9.47 Å². The lowest BCUT2D eigenvalue weighted by molar-refractivity contribution is 0.0525. The minimum atomic E-state index is -0.464. The maximum atomic E-state index is 11.6. The Hall–Kier alpha value is -0.850. The first-order valence-electron chi connectivity index (χ1n) is 9.16. The lowest BCUT2D eigenvalue weighted by atomic mass is 9.86. The number of nitrogens with one attached hydrogen (secondary N) is 2. The molecule has 0 spiro atoms. The fourth-order valence-electron chi connectivity index (χ4n) is 3.21. The predicted octanol–water partition coefficient (Wildman–Crippen LogP) is 2.45. The summed E-state index contributed by atoms with van der Waals surface area (Å²) in [6.45, 7) is 7.11. The highest BCUT2D eigenvalue weighted by Crippen LogP contribution is 2.24. The highest BCUT2D eigenvalue weighted by Gasteiger charge is 2.23. The van der Waals surface area contributed by atoms with Crippen LogP contribution in [-0.4, -0.2) is 55.8 Å². The molecule has 1 aliphatic carbocycles. The van der Waals surface area contributed by atoms with Crippen LogP contribution >= 0.6 is 0 Å². The Bertz CT molecular complexity index is 357. The fraction of sp³-hybridized carbons (Fsp3) is 0.944. The van der Waals surface area contributed by atoms with E-state index < -0.39 is 5.60 Å². The van der Waals surface area contributed by atoms with Crippen LogP contribution < -0.4 is 10.6 Å². The number of hydrogen-bond acceptors (Lipinski definition) is 5. The molecule has 3 atom stereocenters. The quantitative estimate of drug-likeness (QED) is 0.560. The number of amides is 1. The number of ether oxygens (including phenoxy) is 2. The summed E-state index contributed by atoms with van der Waals surface area (Å²) >= 11 is 0. The number of carbonyl (C=O) groups excluding carboxylic acids is 1. The lowest BCUT2D eigenvalue weighted by Gasteiger charge is -2.32. The second-order valence-corrected chi connectivity index (χ2v) is 7.80. The highest BCUT2D eigenvalue weighted by atomic mass is 16.6. The molecule has 0 aromatic carbocycles. The number of aliphatic hydroxyl groups is 1. The van der Waals surface area contributed by atoms with Crippen LogP contribution in [0.25, 0.3) is 0 Å². The first-order valence-corrected chi connectivity index (χ1v) is 9.16. The smallest absolute Gasteiger partial charge is 0.407 e. The van der Waals surface area contributed by atoms with Crippen molar-refractivity contribution in [3.05, 3.63) is 0 Å². The van der Waals surface area contributed by atoms with Gasteiger partial charge in [0.2, 0.25) is 0 Å². The Labute approximate surface area is 146 Å². The van der Waals surface area contributed by atoms with Gasteiger partial charge in [-0.1, -0.05) is 6.42 Å². The van der Waals surface area contributed by atoms with Crippen LogP contribution in [-0.2, 0) is 9.47 Å². The number of aliphatic hydroxyl groups excluding tert-OH is 1. The van der Waals surface area contributed by atoms with Gasteiger partial charge in [-0.2, -0.15) is 0 Å². The molecule has 3 N–H and O–H groups in total. The fourth-order valence-corrected chi connectivity index (χ4v) is 3.21. The Morgan fingerprint density at radius 1 is 1.33 bits per heavy atom. The number of hydrogen-bond donors (Lipinski definition) is 3. The van der Waals surface area contributed by atoms with Crippen molar-refractivity contribution in [3.8, 4) is 0 Å². The summed E-state index contributed by atoms with van der Waals surface area (Å²) in [5.41, 5.74) is -0.464. The van der Waals surface area contributed by atoms with Crippen LogP contribution in [0.3, 0.4) is 0 Å². The Kier molecular flexibility index (Phi) is 9.63. The Morgan fingerprint density at radius 3 is 2.71 bits per heavy atom. The Morgan fingerprint density at radius 2 is 2.08 bits per heavy atom. The van der Waals surface area contributed by atoms with Crippen molar-refractivity contribution in [2.75, 3.05) is 26.9 Å². The first kappa shape index (κ1) is 21.2. The van der Waals surface area contributed by atoms with E-state index in [0.29, 0.717) is 25.1 Å². The van der Waals surface area contributed by atoms with Gasteiger partial charge in [0.15, 0.2) is 0 Å². The molecule has 3 unspecified atom stereocenters. The number of carbonyl (C=O) groups is 1. The van der Waals surface area contributed by atoms with Crippen LogP contribution in [0.2, 0.25) is 0 Å². The van der Waals surface area contributed by atoms with E-state index in [2.05, 4.69) is 10.6 Å². The van der Waals surface area contributed by atoms with Crippen molar-refractivity contribution >= 4 is 6.09 Å². The molecule has 0 aromatic heterocycles. The second kappa shape index (κ2) is 10.9. The average molecular weight is 344 g/mol. The van der Waals surface area contributed by atoms with Gasteiger partial charge in [0, 0.05) is 32.3 Å². The molecular formula is C18H36N2O4. The molecule has 0 saturated heterocycles. The van der Waals surface area contributed by atoms with Gasteiger partial charge in [0.25, 0.3) is 0 Å². The van der Waals surface area contributed by atoms with E-state index in [1.54, 1.807) is 7.11 Å². The van der Waals surface area contributed by atoms with Gasteiger partial charge in [0.1, 0.15) is 5.60 Å². The van der Waals surface area contributed by atoms with E-state index in [1.807, 2.05) is 20.8 Å². The van der Waals surface area contributed by atoms with Crippen molar-refractivity contribution in [3.63, 3.8) is 0 Å². The van der Waals surface area contributed by atoms with Crippen molar-refractivity contribution in [1.82, 2.24) is 10.6 Å². The molecule has 24 heavy (non-hydrogen) atoms. The molecule has 1 fully saturated rings. The predicted molar refractivity (Wildman–Crippen MR) is 95.1 cm³/mol. The zero-order valence-electron chi connectivity index (χ0n) is 15.8. The average Bonchev–Trinajstić information content (AvgIpc) is 2.50. The number of methoxy groups -OCH3 is 1. The van der Waals surface area contributed by atoms with Crippen molar-refractivity contribution in [2.24, 2.45) is 5.92 Å². The summed E-state index contributed by atoms with van der Waals surface area (Å²) in [5.74, 6) is 0.424. The minimum absolute atomic E-state index is 0.276. The van der Waals surface area contributed by atoms with E-state index in [0.717, 1.165) is 32.1 Å². The van der Waals surface area contributed by atoms with E-state index in [9.17, 15) is 9.90 Å². The number of rotatable bonds is 9. The second-order valence-electron chi connectivity index (χ2n) is 7.80. The lowest BCUT2D eigenvalue weighted by Crippen LogP contribution is -2.44. The molecule has 0 heterocycles. The molecule has 1 saturated carbocycles. The molecule has 1 rings (SSSR count). The summed E-state index contributed by atoms with van der Waals surface area (Å²) < 4.78 is 10.5. The summed E-state index contributed by atoms with van der Waals surface area (Å²) in [5, 5.41) is 15.8. The minimum Gasteiger partial charge on any atom is -0.444 e. The SMILES string of the molecule is COCC(CCCNC(=O)OC(C)(C)C)NC1CCCC(CO)C1. The third-order valence-electron chi connectivity index (χ3n) is 4.28. The van der Waals surface area contributed by atoms with Crippen LogP contribution in [0.15, 0.2) is 0 Å². The standard InChI is InChI=1S/C18H36N2O4/c1-18(2,3)24-17(22)19-10-6-9-16(13-23-4)20-15-8-5-7-14(11-15)12-21/h14-16,20-21H,5-13H2,1-4H3,(H,19,22). The van der Waals surface area contributed by atoms with Crippen LogP contribution in [0.1, 0.15) is 59.3 Å². The monoisotopic (exact) mass is 344 g/mol. The van der Waals surface area contributed by atoms with E-state index >= 15 is 0 Å². The van der Waals surface area contributed by atoms with Gasteiger partial charge in [-0.05, 0) is 58.8 Å². The van der Waals surface area contributed by atoms with Crippen LogP contribution in [0, 0.1) is 5.92 Å². The highest BCUT2D eigenvalue weighted by molar-refractivity contribution is 5.67. The van der Waals surface area contributed by atoms with Crippen molar-refractivity contribution < 1.29 is 19.4 Å². The molecule has 1 aliphatic rings. The van der Waals surface area contributed by atoms with Gasteiger partial charge < -0.3 is 25.2 Å². The molecule has 0 aliphatic heterocycles. The molecule has 1 amide bonds. The molecule has 142 valence electrons. The maximum Gasteiger partial charge on any atom is 0.407 e.